The molecule has 0 aliphatic carbocycles. The number of fused-ring (bicyclic) bond motifs is 1. The molecule has 3 aromatic carbocycles. The van der Waals surface area contributed by atoms with Crippen molar-refractivity contribution in [2.24, 2.45) is 0 Å². The van der Waals surface area contributed by atoms with Crippen molar-refractivity contribution in [1.82, 2.24) is 4.31 Å². The van der Waals surface area contributed by atoms with Gasteiger partial charge in [0.25, 0.3) is 10.0 Å². The Morgan fingerprint density at radius 2 is 1.16 bits per heavy atom. The van der Waals surface area contributed by atoms with Gasteiger partial charge in [-0.3, -0.25) is 0 Å². The van der Waals surface area contributed by atoms with Crippen LogP contribution in [0.1, 0.15) is 11.6 Å². The zero-order valence-electron chi connectivity index (χ0n) is 16.5. The van der Waals surface area contributed by atoms with E-state index < -0.39 is 32.3 Å². The Bertz CT molecular complexity index is 1450. The topological polar surface area (TPSA) is 122 Å². The summed E-state index contributed by atoms with van der Waals surface area (Å²) in [5, 5.41) is 19.9. The van der Waals surface area contributed by atoms with Crippen LogP contribution in [0.15, 0.2) is 94.7 Å². The summed E-state index contributed by atoms with van der Waals surface area (Å²) >= 11 is 0. The summed E-state index contributed by atoms with van der Waals surface area (Å²) < 4.78 is 55.7. The lowest BCUT2D eigenvalue weighted by atomic mass is 10.0. The highest BCUT2D eigenvalue weighted by atomic mass is 32.2. The molecule has 8 nitrogen and oxygen atoms in total. The molecule has 1 aliphatic rings. The third-order valence-electron chi connectivity index (χ3n) is 5.04. The van der Waals surface area contributed by atoms with Crippen molar-refractivity contribution < 1.29 is 16.8 Å². The van der Waals surface area contributed by atoms with Gasteiger partial charge >= 0.3 is 0 Å². The molecule has 0 spiro atoms. The first-order chi connectivity index (χ1) is 15.3. The molecule has 0 N–H and O–H groups in total. The third kappa shape index (κ3) is 3.31. The van der Waals surface area contributed by atoms with Crippen molar-refractivity contribution in [2.75, 3.05) is 4.31 Å². The molecule has 10 heteroatoms. The SMILES string of the molecule is N#CC1c2ccccc2N(S(=O)(=O)c2ccccc2)C(C#N)N1S(=O)(=O)c1ccccc1. The fourth-order valence-corrected chi connectivity index (χ4v) is 6.83. The predicted octanol–water partition coefficient (Wildman–Crippen LogP) is 3.00. The van der Waals surface area contributed by atoms with Crippen molar-refractivity contribution in [3.05, 3.63) is 90.5 Å². The monoisotopic (exact) mass is 464 g/mol. The molecular formula is C22H16N4O4S2. The van der Waals surface area contributed by atoms with Gasteiger partial charge in [-0.25, -0.2) is 21.1 Å². The smallest absolute Gasteiger partial charge is 0.234 e. The van der Waals surface area contributed by atoms with Gasteiger partial charge < -0.3 is 0 Å². The van der Waals surface area contributed by atoms with E-state index in [1.165, 1.54) is 60.7 Å². The van der Waals surface area contributed by atoms with Crippen LogP contribution < -0.4 is 4.31 Å². The van der Waals surface area contributed by atoms with Crippen LogP contribution in [0, 0.1) is 22.7 Å². The molecule has 1 heterocycles. The summed E-state index contributed by atoms with van der Waals surface area (Å²) in [5.74, 6) is 0. The number of hydrogen-bond donors (Lipinski definition) is 0. The Balaban J connectivity index is 2.02. The highest BCUT2D eigenvalue weighted by molar-refractivity contribution is 7.93. The van der Waals surface area contributed by atoms with Gasteiger partial charge in [-0.05, 0) is 30.3 Å². The van der Waals surface area contributed by atoms with Crippen molar-refractivity contribution in [3.8, 4) is 12.1 Å². The van der Waals surface area contributed by atoms with Crippen LogP contribution in [0.5, 0.6) is 0 Å². The Kier molecular flexibility index (Phi) is 5.45. The van der Waals surface area contributed by atoms with Crippen molar-refractivity contribution in [2.45, 2.75) is 22.0 Å². The Morgan fingerprint density at radius 1 is 0.656 bits per heavy atom. The molecule has 0 bridgehead atoms. The second-order valence-corrected chi connectivity index (χ2v) is 10.5. The highest BCUT2D eigenvalue weighted by Gasteiger charge is 2.50. The van der Waals surface area contributed by atoms with Gasteiger partial charge in [-0.2, -0.15) is 10.5 Å². The molecule has 4 rings (SSSR count). The van der Waals surface area contributed by atoms with Crippen molar-refractivity contribution in [1.29, 1.82) is 10.5 Å². The van der Waals surface area contributed by atoms with Gasteiger partial charge in [0.2, 0.25) is 16.2 Å². The minimum absolute atomic E-state index is 0.0777. The normalized spacial score (nSPS) is 18.9. The van der Waals surface area contributed by atoms with Crippen LogP contribution in [-0.2, 0) is 20.0 Å². The van der Waals surface area contributed by atoms with Gasteiger partial charge in [-0.1, -0.05) is 54.6 Å². The van der Waals surface area contributed by atoms with E-state index >= 15 is 0 Å². The van der Waals surface area contributed by atoms with Crippen LogP contribution in [-0.4, -0.2) is 27.3 Å². The molecule has 1 aliphatic heterocycles. The third-order valence-corrected chi connectivity index (χ3v) is 8.66. The molecule has 32 heavy (non-hydrogen) atoms. The summed E-state index contributed by atoms with van der Waals surface area (Å²) in [5.41, 5.74) is 0.245. The lowest BCUT2D eigenvalue weighted by Gasteiger charge is -2.42. The quantitative estimate of drug-likeness (QED) is 0.585. The first-order valence-electron chi connectivity index (χ1n) is 9.40. The number of rotatable bonds is 4. The Hall–Kier alpha value is -3.70. The van der Waals surface area contributed by atoms with E-state index in [2.05, 4.69) is 0 Å². The van der Waals surface area contributed by atoms with E-state index in [1.54, 1.807) is 30.3 Å². The van der Waals surface area contributed by atoms with Gasteiger partial charge in [-0.15, -0.1) is 4.31 Å². The predicted molar refractivity (Wildman–Crippen MR) is 116 cm³/mol. The van der Waals surface area contributed by atoms with E-state index in [-0.39, 0.29) is 21.0 Å². The molecule has 0 amide bonds. The maximum atomic E-state index is 13.6. The Morgan fingerprint density at radius 3 is 1.69 bits per heavy atom. The lowest BCUT2D eigenvalue weighted by Crippen LogP contribution is -2.56. The van der Waals surface area contributed by atoms with Crippen LogP contribution in [0.2, 0.25) is 0 Å². The van der Waals surface area contributed by atoms with Crippen molar-refractivity contribution >= 4 is 25.7 Å². The van der Waals surface area contributed by atoms with Crippen LogP contribution in [0.4, 0.5) is 5.69 Å². The van der Waals surface area contributed by atoms with E-state index in [0.29, 0.717) is 4.31 Å². The molecule has 160 valence electrons. The molecule has 0 saturated heterocycles. The lowest BCUT2D eigenvalue weighted by molar-refractivity contribution is 0.322. The summed E-state index contributed by atoms with van der Waals surface area (Å²) in [7, 11) is -8.77. The van der Waals surface area contributed by atoms with Crippen LogP contribution in [0.25, 0.3) is 0 Å². The van der Waals surface area contributed by atoms with Crippen LogP contribution >= 0.6 is 0 Å². The fourth-order valence-electron chi connectivity index (χ4n) is 3.62. The van der Waals surface area contributed by atoms with Gasteiger partial charge in [0.1, 0.15) is 12.1 Å². The van der Waals surface area contributed by atoms with Gasteiger partial charge in [0, 0.05) is 5.56 Å². The molecule has 3 aromatic rings. The molecule has 0 fully saturated rings. The number of para-hydroxylation sites is 1. The molecule has 2 unspecified atom stereocenters. The number of anilines is 1. The summed E-state index contributed by atoms with van der Waals surface area (Å²) in [4.78, 5) is -0.264. The van der Waals surface area contributed by atoms with Crippen molar-refractivity contribution in [3.63, 3.8) is 0 Å². The number of benzene rings is 3. The Labute approximate surface area is 186 Å². The second kappa shape index (κ2) is 8.09. The number of nitrogens with zero attached hydrogens (tertiary/aromatic N) is 4. The summed E-state index contributed by atoms with van der Waals surface area (Å²) in [6.45, 7) is 0. The largest absolute Gasteiger partial charge is 0.266 e. The summed E-state index contributed by atoms with van der Waals surface area (Å²) in [6.07, 6.45) is -1.81. The minimum Gasteiger partial charge on any atom is -0.234 e. The van der Waals surface area contributed by atoms with E-state index in [0.717, 1.165) is 4.31 Å². The molecule has 0 radical (unpaired) electrons. The fraction of sp³-hybridized carbons (Fsp3) is 0.0909. The molecule has 0 saturated carbocycles. The standard InChI is InChI=1S/C22H16N4O4S2/c23-15-21-19-13-7-8-14-20(19)25(31(27,28)17-9-3-1-4-10-17)22(16-24)26(21)32(29,30)18-11-5-2-6-12-18/h1-14,21-22H. The second-order valence-electron chi connectivity index (χ2n) is 6.86. The summed E-state index contributed by atoms with van der Waals surface area (Å²) in [6, 6.07) is 23.1. The molecule has 0 aromatic heterocycles. The number of hydrogen-bond acceptors (Lipinski definition) is 6. The average molecular weight is 465 g/mol. The van der Waals surface area contributed by atoms with Gasteiger partial charge in [0.05, 0.1) is 21.5 Å². The maximum absolute atomic E-state index is 13.6. The molecule has 2 atom stereocenters. The van der Waals surface area contributed by atoms with E-state index in [9.17, 15) is 27.4 Å². The number of nitriles is 2. The van der Waals surface area contributed by atoms with Gasteiger partial charge in [0.15, 0.2) is 0 Å². The molecular weight excluding hydrogens is 448 g/mol. The zero-order valence-corrected chi connectivity index (χ0v) is 18.1. The maximum Gasteiger partial charge on any atom is 0.266 e. The van der Waals surface area contributed by atoms with Crippen LogP contribution in [0.3, 0.4) is 0 Å². The first-order valence-corrected chi connectivity index (χ1v) is 12.3. The van der Waals surface area contributed by atoms with E-state index in [4.69, 9.17) is 0 Å². The minimum atomic E-state index is -4.42. The average Bonchev–Trinajstić information content (AvgIpc) is 2.83. The first kappa shape index (κ1) is 21.5. The number of sulfonamides is 2. The zero-order chi connectivity index (χ0) is 22.9. The van der Waals surface area contributed by atoms with E-state index in [1.807, 2.05) is 6.07 Å². The highest BCUT2D eigenvalue weighted by Crippen LogP contribution is 2.43.